The summed E-state index contributed by atoms with van der Waals surface area (Å²) in [4.78, 5) is 4.23. The average Bonchev–Trinajstić information content (AvgIpc) is 2.94. The normalized spacial score (nSPS) is 19.0. The zero-order chi connectivity index (χ0) is 18.3. The molecule has 0 aliphatic carbocycles. The minimum absolute atomic E-state index is 0.00330. The second-order valence-electron chi connectivity index (χ2n) is 7.18. The maximum Gasteiger partial charge on any atom is 0.158 e. The Kier molecular flexibility index (Phi) is 4.17. The van der Waals surface area contributed by atoms with Crippen LogP contribution in [0.3, 0.4) is 0 Å². The number of aromatic nitrogens is 3. The first-order chi connectivity index (χ1) is 12.5. The molecule has 26 heavy (non-hydrogen) atoms. The van der Waals surface area contributed by atoms with Crippen LogP contribution in [-0.2, 0) is 4.74 Å². The lowest BCUT2D eigenvalue weighted by Gasteiger charge is -2.26. The van der Waals surface area contributed by atoms with Crippen LogP contribution in [-0.4, -0.2) is 39.5 Å². The van der Waals surface area contributed by atoms with Crippen LogP contribution in [0, 0.1) is 5.41 Å². The number of fused-ring (bicyclic) bond motifs is 1. The number of nitrogens with zero attached hydrogens (tertiary/aromatic N) is 3. The van der Waals surface area contributed by atoms with E-state index in [1.165, 1.54) is 6.07 Å². The molecule has 7 heteroatoms. The first kappa shape index (κ1) is 17.0. The highest BCUT2D eigenvalue weighted by Crippen LogP contribution is 2.37. The molecule has 1 atom stereocenters. The maximum absolute atomic E-state index is 10.3. The van der Waals surface area contributed by atoms with Crippen molar-refractivity contribution in [3.8, 4) is 17.0 Å². The molecule has 134 valence electrons. The number of ether oxygens (including phenoxy) is 1. The van der Waals surface area contributed by atoms with Crippen LogP contribution >= 0.6 is 11.6 Å². The summed E-state index contributed by atoms with van der Waals surface area (Å²) in [5, 5.41) is 24.6. The summed E-state index contributed by atoms with van der Waals surface area (Å²) in [7, 11) is 0. The third-order valence-electron chi connectivity index (χ3n) is 4.81. The number of benzene rings is 1. The van der Waals surface area contributed by atoms with Gasteiger partial charge in [-0.3, -0.25) is 4.98 Å². The average molecular weight is 371 g/mol. The van der Waals surface area contributed by atoms with Crippen LogP contribution in [0.1, 0.15) is 13.8 Å². The summed E-state index contributed by atoms with van der Waals surface area (Å²) in [6.07, 6.45) is 3.46. The second kappa shape index (κ2) is 6.37. The zero-order valence-corrected chi connectivity index (χ0v) is 15.3. The van der Waals surface area contributed by atoms with Crippen molar-refractivity contribution in [2.24, 2.45) is 5.41 Å². The molecule has 0 spiro atoms. The number of hydrogen-bond donors (Lipinski definition) is 2. The number of phenols is 1. The molecular formula is C19H19ClN4O2. The molecule has 1 aliphatic heterocycles. The predicted molar refractivity (Wildman–Crippen MR) is 101 cm³/mol. The van der Waals surface area contributed by atoms with Gasteiger partial charge in [0.15, 0.2) is 5.82 Å². The Bertz CT molecular complexity index is 977. The molecule has 0 unspecified atom stereocenters. The molecule has 1 aliphatic rings. The van der Waals surface area contributed by atoms with Gasteiger partial charge in [-0.15, -0.1) is 10.2 Å². The van der Waals surface area contributed by atoms with Crippen LogP contribution in [0.5, 0.6) is 5.75 Å². The fourth-order valence-corrected chi connectivity index (χ4v) is 3.34. The molecule has 0 saturated carbocycles. The summed E-state index contributed by atoms with van der Waals surface area (Å²) in [6.45, 7) is 5.64. The predicted octanol–water partition coefficient (Wildman–Crippen LogP) is 3.89. The molecule has 1 saturated heterocycles. The van der Waals surface area contributed by atoms with Gasteiger partial charge >= 0.3 is 0 Å². The lowest BCUT2D eigenvalue weighted by atomic mass is 9.88. The lowest BCUT2D eigenvalue weighted by molar-refractivity contribution is 0.167. The summed E-state index contributed by atoms with van der Waals surface area (Å²) < 4.78 is 5.60. The molecule has 2 N–H and O–H groups in total. The van der Waals surface area contributed by atoms with Crippen molar-refractivity contribution in [2.45, 2.75) is 19.9 Å². The van der Waals surface area contributed by atoms with Crippen LogP contribution in [0.2, 0.25) is 5.02 Å². The van der Waals surface area contributed by atoms with Crippen LogP contribution < -0.4 is 5.32 Å². The fourth-order valence-electron chi connectivity index (χ4n) is 3.18. The molecule has 0 amide bonds. The van der Waals surface area contributed by atoms with E-state index in [-0.39, 0.29) is 17.2 Å². The molecule has 1 fully saturated rings. The Labute approximate surface area is 156 Å². The first-order valence-corrected chi connectivity index (χ1v) is 8.77. The van der Waals surface area contributed by atoms with Crippen LogP contribution in [0.4, 0.5) is 5.82 Å². The van der Waals surface area contributed by atoms with E-state index in [2.05, 4.69) is 34.3 Å². The van der Waals surface area contributed by atoms with Gasteiger partial charge in [0.1, 0.15) is 11.4 Å². The number of anilines is 1. The van der Waals surface area contributed by atoms with Gasteiger partial charge in [-0.05, 0) is 24.3 Å². The van der Waals surface area contributed by atoms with Crippen LogP contribution in [0.25, 0.3) is 22.0 Å². The summed E-state index contributed by atoms with van der Waals surface area (Å²) in [5.74, 6) is 0.727. The summed E-state index contributed by atoms with van der Waals surface area (Å²) >= 11 is 5.94. The van der Waals surface area contributed by atoms with Crippen molar-refractivity contribution in [1.82, 2.24) is 15.2 Å². The van der Waals surface area contributed by atoms with E-state index in [0.29, 0.717) is 35.3 Å². The molecule has 4 rings (SSSR count). The van der Waals surface area contributed by atoms with Crippen molar-refractivity contribution < 1.29 is 9.84 Å². The second-order valence-corrected chi connectivity index (χ2v) is 7.62. The molecule has 0 radical (unpaired) electrons. The third-order valence-corrected chi connectivity index (χ3v) is 5.04. The van der Waals surface area contributed by atoms with Crippen LogP contribution in [0.15, 0.2) is 36.7 Å². The number of hydrogen-bond acceptors (Lipinski definition) is 6. The highest BCUT2D eigenvalue weighted by Gasteiger charge is 2.36. The Balaban J connectivity index is 1.81. The Hall–Kier alpha value is -2.44. The van der Waals surface area contributed by atoms with Gasteiger partial charge in [-0.1, -0.05) is 25.4 Å². The molecular weight excluding hydrogens is 352 g/mol. The molecule has 2 aromatic heterocycles. The standard InChI is InChI=1S/C19H19ClN4O2/c1-19(2)10-26-9-16(19)22-18-14-8-21-6-5-12(14)17(23-24-18)13-4-3-11(20)7-15(13)25/h3-8,16,25H,9-10H2,1-2H3,(H,22,24)/t16-/m1/s1. The number of aromatic hydroxyl groups is 1. The Morgan fingerprint density at radius 1 is 1.23 bits per heavy atom. The summed E-state index contributed by atoms with van der Waals surface area (Å²) in [5.41, 5.74) is 1.17. The number of rotatable bonds is 3. The summed E-state index contributed by atoms with van der Waals surface area (Å²) in [6, 6.07) is 6.96. The Morgan fingerprint density at radius 3 is 2.81 bits per heavy atom. The van der Waals surface area contributed by atoms with E-state index in [1.54, 1.807) is 24.5 Å². The van der Waals surface area contributed by atoms with E-state index in [0.717, 1.165) is 10.8 Å². The number of pyridine rings is 1. The van der Waals surface area contributed by atoms with E-state index < -0.39 is 0 Å². The molecule has 1 aromatic carbocycles. The molecule has 0 bridgehead atoms. The monoisotopic (exact) mass is 370 g/mol. The van der Waals surface area contributed by atoms with E-state index in [9.17, 15) is 5.11 Å². The van der Waals surface area contributed by atoms with Gasteiger partial charge in [0, 0.05) is 39.2 Å². The van der Waals surface area contributed by atoms with Crippen molar-refractivity contribution in [2.75, 3.05) is 18.5 Å². The third kappa shape index (κ3) is 2.95. The van der Waals surface area contributed by atoms with Crippen molar-refractivity contribution >= 4 is 28.2 Å². The fraction of sp³-hybridized carbons (Fsp3) is 0.316. The van der Waals surface area contributed by atoms with Crippen molar-refractivity contribution in [3.05, 3.63) is 41.7 Å². The molecule has 3 heterocycles. The quantitative estimate of drug-likeness (QED) is 0.728. The van der Waals surface area contributed by atoms with E-state index >= 15 is 0 Å². The van der Waals surface area contributed by atoms with E-state index in [1.807, 2.05) is 6.07 Å². The number of phenolic OH excluding ortho intramolecular Hbond substituents is 1. The lowest BCUT2D eigenvalue weighted by Crippen LogP contribution is -2.35. The molecule has 3 aromatic rings. The van der Waals surface area contributed by atoms with Gasteiger partial charge < -0.3 is 15.2 Å². The largest absolute Gasteiger partial charge is 0.507 e. The van der Waals surface area contributed by atoms with Gasteiger partial charge in [-0.25, -0.2) is 0 Å². The van der Waals surface area contributed by atoms with Gasteiger partial charge in [0.05, 0.1) is 19.3 Å². The Morgan fingerprint density at radius 2 is 2.08 bits per heavy atom. The highest BCUT2D eigenvalue weighted by molar-refractivity contribution is 6.30. The SMILES string of the molecule is CC1(C)COC[C@H]1Nc1nnc(-c2ccc(Cl)cc2O)c2ccncc12. The smallest absolute Gasteiger partial charge is 0.158 e. The van der Waals surface area contributed by atoms with Gasteiger partial charge in [-0.2, -0.15) is 0 Å². The number of nitrogens with one attached hydrogen (secondary N) is 1. The minimum atomic E-state index is 0.00330. The van der Waals surface area contributed by atoms with Crippen molar-refractivity contribution in [3.63, 3.8) is 0 Å². The number of halogens is 1. The maximum atomic E-state index is 10.3. The minimum Gasteiger partial charge on any atom is -0.507 e. The van der Waals surface area contributed by atoms with Gasteiger partial charge in [0.2, 0.25) is 0 Å². The zero-order valence-electron chi connectivity index (χ0n) is 14.5. The topological polar surface area (TPSA) is 80.2 Å². The molecule has 6 nitrogen and oxygen atoms in total. The first-order valence-electron chi connectivity index (χ1n) is 8.39. The highest BCUT2D eigenvalue weighted by atomic mass is 35.5. The van der Waals surface area contributed by atoms with Crippen molar-refractivity contribution in [1.29, 1.82) is 0 Å². The van der Waals surface area contributed by atoms with Gasteiger partial charge in [0.25, 0.3) is 0 Å². The van der Waals surface area contributed by atoms with E-state index in [4.69, 9.17) is 16.3 Å².